The Labute approximate surface area is 129 Å². The van der Waals surface area contributed by atoms with Crippen molar-refractivity contribution in [3.05, 3.63) is 39.6 Å². The third-order valence-corrected chi connectivity index (χ3v) is 3.46. The van der Waals surface area contributed by atoms with Gasteiger partial charge in [0.2, 0.25) is 0 Å². The number of alkyl halides is 3. The van der Waals surface area contributed by atoms with Gasteiger partial charge < -0.3 is 0 Å². The van der Waals surface area contributed by atoms with Gasteiger partial charge in [-0.25, -0.2) is 4.68 Å². The van der Waals surface area contributed by atoms with Crippen LogP contribution in [0.1, 0.15) is 25.1 Å². The Balaban J connectivity index is 2.48. The van der Waals surface area contributed by atoms with Gasteiger partial charge in [0.05, 0.1) is 33.2 Å². The highest BCUT2D eigenvalue weighted by molar-refractivity contribution is 6.37. The van der Waals surface area contributed by atoms with Crippen LogP contribution in [0.2, 0.25) is 10.0 Å². The van der Waals surface area contributed by atoms with E-state index in [9.17, 15) is 13.2 Å². The van der Waals surface area contributed by atoms with Crippen molar-refractivity contribution in [3.63, 3.8) is 0 Å². The maximum Gasteiger partial charge on any atom is 0.419 e. The first-order valence-corrected chi connectivity index (χ1v) is 6.92. The van der Waals surface area contributed by atoms with Crippen molar-refractivity contribution in [1.82, 2.24) is 15.0 Å². The zero-order valence-corrected chi connectivity index (χ0v) is 12.8. The molecule has 0 saturated heterocycles. The Morgan fingerprint density at radius 2 is 1.90 bits per heavy atom. The zero-order valence-electron chi connectivity index (χ0n) is 11.2. The molecule has 0 atom stereocenters. The van der Waals surface area contributed by atoms with Crippen LogP contribution in [0.3, 0.4) is 0 Å². The molecule has 0 radical (unpaired) electrons. The van der Waals surface area contributed by atoms with Crippen LogP contribution in [0.5, 0.6) is 0 Å². The van der Waals surface area contributed by atoms with Gasteiger partial charge in [0.1, 0.15) is 0 Å². The van der Waals surface area contributed by atoms with E-state index in [0.717, 1.165) is 6.07 Å². The Hall–Kier alpha value is -1.27. The first kappa shape index (κ1) is 16.1. The lowest BCUT2D eigenvalue weighted by Gasteiger charge is -2.13. The van der Waals surface area contributed by atoms with Gasteiger partial charge in [0.15, 0.2) is 0 Å². The molecule has 0 aliphatic carbocycles. The van der Waals surface area contributed by atoms with Crippen molar-refractivity contribution in [1.29, 1.82) is 0 Å². The fourth-order valence-corrected chi connectivity index (χ4v) is 2.58. The molecular formula is C13H12Cl2F3N3. The minimum Gasteiger partial charge on any atom is -0.219 e. The van der Waals surface area contributed by atoms with E-state index in [1.165, 1.54) is 10.7 Å². The lowest BCUT2D eigenvalue weighted by molar-refractivity contribution is -0.137. The fourth-order valence-electron chi connectivity index (χ4n) is 1.91. The van der Waals surface area contributed by atoms with Crippen LogP contribution < -0.4 is 0 Å². The summed E-state index contributed by atoms with van der Waals surface area (Å²) in [7, 11) is 0. The molecule has 0 saturated carbocycles. The molecule has 0 unspecified atom stereocenters. The van der Waals surface area contributed by atoms with E-state index in [-0.39, 0.29) is 5.69 Å². The molecule has 0 fully saturated rings. The Morgan fingerprint density at radius 1 is 1.24 bits per heavy atom. The molecule has 0 bridgehead atoms. The second-order valence-corrected chi connectivity index (χ2v) is 5.79. The van der Waals surface area contributed by atoms with Gasteiger partial charge >= 0.3 is 6.18 Å². The van der Waals surface area contributed by atoms with Gasteiger partial charge in [-0.05, 0) is 24.5 Å². The topological polar surface area (TPSA) is 30.7 Å². The lowest BCUT2D eigenvalue weighted by Crippen LogP contribution is -2.09. The summed E-state index contributed by atoms with van der Waals surface area (Å²) < 4.78 is 40.1. The summed E-state index contributed by atoms with van der Waals surface area (Å²) in [6, 6.07) is 2.53. The molecule has 0 spiro atoms. The number of nitrogens with zero attached hydrogens (tertiary/aromatic N) is 3. The van der Waals surface area contributed by atoms with Crippen LogP contribution in [0.25, 0.3) is 5.69 Å². The first-order valence-electron chi connectivity index (χ1n) is 6.17. The van der Waals surface area contributed by atoms with E-state index in [4.69, 9.17) is 23.2 Å². The number of hydrogen-bond donors (Lipinski definition) is 0. The lowest BCUT2D eigenvalue weighted by atomic mass is 10.1. The minimum absolute atomic E-state index is 0.0934. The average molecular weight is 338 g/mol. The molecule has 0 aliphatic heterocycles. The van der Waals surface area contributed by atoms with Gasteiger partial charge in [-0.2, -0.15) is 13.2 Å². The Morgan fingerprint density at radius 3 is 2.48 bits per heavy atom. The van der Waals surface area contributed by atoms with Crippen LogP contribution in [-0.2, 0) is 12.6 Å². The molecule has 8 heteroatoms. The van der Waals surface area contributed by atoms with Crippen molar-refractivity contribution >= 4 is 23.2 Å². The zero-order chi connectivity index (χ0) is 15.8. The largest absolute Gasteiger partial charge is 0.419 e. The van der Waals surface area contributed by atoms with Crippen LogP contribution in [0.15, 0.2) is 18.3 Å². The maximum absolute atomic E-state index is 13.0. The highest BCUT2D eigenvalue weighted by Crippen LogP contribution is 2.41. The summed E-state index contributed by atoms with van der Waals surface area (Å²) in [6.45, 7) is 4.02. The number of benzene rings is 1. The van der Waals surface area contributed by atoms with Gasteiger partial charge in [0, 0.05) is 0 Å². The monoisotopic (exact) mass is 337 g/mol. The average Bonchev–Trinajstić information content (AvgIpc) is 2.74. The van der Waals surface area contributed by atoms with Crippen molar-refractivity contribution < 1.29 is 13.2 Å². The number of rotatable bonds is 3. The van der Waals surface area contributed by atoms with Crippen molar-refractivity contribution in [2.75, 3.05) is 0 Å². The van der Waals surface area contributed by atoms with E-state index in [1.807, 2.05) is 13.8 Å². The predicted octanol–water partition coefficient (Wildman–Crippen LogP) is 4.79. The van der Waals surface area contributed by atoms with Gasteiger partial charge in [-0.3, -0.25) is 0 Å². The first-order chi connectivity index (χ1) is 9.70. The molecule has 3 nitrogen and oxygen atoms in total. The molecule has 2 aromatic rings. The summed E-state index contributed by atoms with van der Waals surface area (Å²) in [4.78, 5) is 0. The maximum atomic E-state index is 13.0. The van der Waals surface area contributed by atoms with E-state index >= 15 is 0 Å². The van der Waals surface area contributed by atoms with Crippen LogP contribution in [0, 0.1) is 5.92 Å². The standard InChI is InChI=1S/C13H12Cl2F3N3/c1-7(2)5-8-6-21(20-19-8)10-4-3-9(14)11(12(10)15)13(16,17)18/h3-4,6-7H,5H2,1-2H3. The van der Waals surface area contributed by atoms with E-state index < -0.39 is 21.8 Å². The van der Waals surface area contributed by atoms with Crippen molar-refractivity contribution in [2.45, 2.75) is 26.4 Å². The minimum atomic E-state index is -4.63. The van der Waals surface area contributed by atoms with E-state index in [0.29, 0.717) is 18.0 Å². The van der Waals surface area contributed by atoms with E-state index in [2.05, 4.69) is 10.3 Å². The van der Waals surface area contributed by atoms with Crippen molar-refractivity contribution in [3.8, 4) is 5.69 Å². The highest BCUT2D eigenvalue weighted by Gasteiger charge is 2.37. The number of halogens is 5. The summed E-state index contributed by atoms with van der Waals surface area (Å²) in [5, 5.41) is 6.82. The smallest absolute Gasteiger partial charge is 0.219 e. The van der Waals surface area contributed by atoms with Crippen molar-refractivity contribution in [2.24, 2.45) is 5.92 Å². The van der Waals surface area contributed by atoms with Crippen LogP contribution >= 0.6 is 23.2 Å². The molecule has 21 heavy (non-hydrogen) atoms. The molecular weight excluding hydrogens is 326 g/mol. The second-order valence-electron chi connectivity index (χ2n) is 5.01. The van der Waals surface area contributed by atoms with Crippen LogP contribution in [0.4, 0.5) is 13.2 Å². The Bertz CT molecular complexity index is 651. The molecule has 1 heterocycles. The second kappa shape index (κ2) is 5.85. The van der Waals surface area contributed by atoms with Gasteiger partial charge in [0.25, 0.3) is 0 Å². The summed E-state index contributed by atoms with van der Waals surface area (Å²) >= 11 is 11.5. The summed E-state index contributed by atoms with van der Waals surface area (Å²) in [5.74, 6) is 0.363. The van der Waals surface area contributed by atoms with Gasteiger partial charge in [-0.1, -0.05) is 42.3 Å². The molecule has 2 rings (SSSR count). The number of aromatic nitrogens is 3. The molecule has 0 N–H and O–H groups in total. The third-order valence-electron chi connectivity index (χ3n) is 2.76. The third kappa shape index (κ3) is 3.49. The summed E-state index contributed by atoms with van der Waals surface area (Å²) in [5.41, 5.74) is -0.287. The molecule has 0 amide bonds. The SMILES string of the molecule is CC(C)Cc1cn(-c2ccc(Cl)c(C(F)(F)F)c2Cl)nn1. The fraction of sp³-hybridized carbons (Fsp3) is 0.385. The molecule has 1 aromatic carbocycles. The number of hydrogen-bond acceptors (Lipinski definition) is 2. The summed E-state index contributed by atoms with van der Waals surface area (Å²) in [6.07, 6.45) is -2.39. The molecule has 1 aromatic heterocycles. The van der Waals surface area contributed by atoms with Gasteiger partial charge in [-0.15, -0.1) is 5.10 Å². The normalized spacial score (nSPS) is 12.2. The van der Waals surface area contributed by atoms with E-state index in [1.54, 1.807) is 6.20 Å². The van der Waals surface area contributed by atoms with Crippen LogP contribution in [-0.4, -0.2) is 15.0 Å². The Kier molecular flexibility index (Phi) is 4.49. The molecule has 114 valence electrons. The highest BCUT2D eigenvalue weighted by atomic mass is 35.5. The predicted molar refractivity (Wildman–Crippen MR) is 74.9 cm³/mol. The molecule has 0 aliphatic rings. The quantitative estimate of drug-likeness (QED) is 0.805.